The van der Waals surface area contributed by atoms with Gasteiger partial charge in [-0.3, -0.25) is 0 Å². The van der Waals surface area contributed by atoms with Crippen LogP contribution in [0.1, 0.15) is 12.0 Å². The first kappa shape index (κ1) is 14.3. The highest BCUT2D eigenvalue weighted by Gasteiger charge is 2.23. The first-order valence-electron chi connectivity index (χ1n) is 6.90. The summed E-state index contributed by atoms with van der Waals surface area (Å²) in [5, 5.41) is 3.41. The van der Waals surface area contributed by atoms with Crippen molar-refractivity contribution >= 4 is 5.69 Å². The van der Waals surface area contributed by atoms with E-state index < -0.39 is 0 Å². The van der Waals surface area contributed by atoms with E-state index in [2.05, 4.69) is 34.5 Å². The van der Waals surface area contributed by atoms with Crippen LogP contribution < -0.4 is 10.2 Å². The van der Waals surface area contributed by atoms with E-state index in [0.717, 1.165) is 39.2 Å². The molecule has 1 atom stereocenters. The molecule has 1 saturated heterocycles. The van der Waals surface area contributed by atoms with Crippen LogP contribution in [0, 0.1) is 0 Å². The molecule has 0 amide bonds. The van der Waals surface area contributed by atoms with E-state index in [1.807, 2.05) is 0 Å². The van der Waals surface area contributed by atoms with Crippen molar-refractivity contribution in [1.82, 2.24) is 5.32 Å². The van der Waals surface area contributed by atoms with Gasteiger partial charge in [-0.25, -0.2) is 0 Å². The quantitative estimate of drug-likeness (QED) is 0.759. The summed E-state index contributed by atoms with van der Waals surface area (Å²) >= 11 is 0. The standard InChI is InChI=1S/C15H24N2O2/c1-18-10-8-16-11-13-5-3-4-6-15(13)17-9-7-14(12-17)19-2/h3-6,14,16H,7-12H2,1-2H3. The van der Waals surface area contributed by atoms with E-state index in [4.69, 9.17) is 9.47 Å². The van der Waals surface area contributed by atoms with Gasteiger partial charge in [-0.1, -0.05) is 18.2 Å². The Labute approximate surface area is 115 Å². The SMILES string of the molecule is COCCNCc1ccccc1N1CCC(OC)C1. The highest BCUT2D eigenvalue weighted by Crippen LogP contribution is 2.25. The van der Waals surface area contributed by atoms with E-state index in [-0.39, 0.29) is 0 Å². The lowest BCUT2D eigenvalue weighted by Crippen LogP contribution is -2.25. The molecule has 19 heavy (non-hydrogen) atoms. The van der Waals surface area contributed by atoms with Crippen LogP contribution >= 0.6 is 0 Å². The van der Waals surface area contributed by atoms with E-state index in [9.17, 15) is 0 Å². The molecule has 0 aromatic heterocycles. The summed E-state index contributed by atoms with van der Waals surface area (Å²) in [5.74, 6) is 0. The van der Waals surface area contributed by atoms with Crippen molar-refractivity contribution in [2.24, 2.45) is 0 Å². The minimum absolute atomic E-state index is 0.370. The molecule has 1 unspecified atom stereocenters. The molecular formula is C15H24N2O2. The normalized spacial score (nSPS) is 19.1. The van der Waals surface area contributed by atoms with E-state index in [1.165, 1.54) is 11.3 Å². The summed E-state index contributed by atoms with van der Waals surface area (Å²) < 4.78 is 10.5. The third kappa shape index (κ3) is 3.93. The summed E-state index contributed by atoms with van der Waals surface area (Å²) in [6, 6.07) is 8.59. The van der Waals surface area contributed by atoms with Gasteiger partial charge in [0.25, 0.3) is 0 Å². The largest absolute Gasteiger partial charge is 0.383 e. The van der Waals surface area contributed by atoms with Gasteiger partial charge in [0.2, 0.25) is 0 Å². The molecule has 1 aromatic rings. The van der Waals surface area contributed by atoms with Gasteiger partial charge in [0.15, 0.2) is 0 Å². The number of methoxy groups -OCH3 is 2. The Kier molecular flexibility index (Phi) is 5.63. The average molecular weight is 264 g/mol. The van der Waals surface area contributed by atoms with Crippen molar-refractivity contribution in [1.29, 1.82) is 0 Å². The van der Waals surface area contributed by atoms with Crippen LogP contribution in [0.5, 0.6) is 0 Å². The smallest absolute Gasteiger partial charge is 0.0762 e. The van der Waals surface area contributed by atoms with Gasteiger partial charge in [0, 0.05) is 46.1 Å². The predicted molar refractivity (Wildman–Crippen MR) is 77.7 cm³/mol. The van der Waals surface area contributed by atoms with Crippen LogP contribution in [0.2, 0.25) is 0 Å². The fourth-order valence-electron chi connectivity index (χ4n) is 2.51. The number of nitrogens with one attached hydrogen (secondary N) is 1. The monoisotopic (exact) mass is 264 g/mol. The third-order valence-electron chi connectivity index (χ3n) is 3.61. The van der Waals surface area contributed by atoms with Crippen molar-refractivity contribution in [3.05, 3.63) is 29.8 Å². The Morgan fingerprint density at radius 1 is 1.32 bits per heavy atom. The van der Waals surface area contributed by atoms with Gasteiger partial charge in [-0.05, 0) is 18.1 Å². The van der Waals surface area contributed by atoms with Crippen LogP contribution in [-0.2, 0) is 16.0 Å². The molecule has 4 heteroatoms. The topological polar surface area (TPSA) is 33.7 Å². The summed E-state index contributed by atoms with van der Waals surface area (Å²) in [6.45, 7) is 4.58. The number of benzene rings is 1. The lowest BCUT2D eigenvalue weighted by Gasteiger charge is -2.22. The Hall–Kier alpha value is -1.10. The zero-order chi connectivity index (χ0) is 13.5. The van der Waals surface area contributed by atoms with Gasteiger partial charge < -0.3 is 19.7 Å². The molecule has 2 rings (SSSR count). The average Bonchev–Trinajstić information content (AvgIpc) is 2.93. The minimum atomic E-state index is 0.370. The molecule has 1 aliphatic heterocycles. The second-order valence-corrected chi connectivity index (χ2v) is 4.89. The fourth-order valence-corrected chi connectivity index (χ4v) is 2.51. The number of para-hydroxylation sites is 1. The maximum Gasteiger partial charge on any atom is 0.0762 e. The first-order valence-corrected chi connectivity index (χ1v) is 6.90. The van der Waals surface area contributed by atoms with Gasteiger partial charge in [0.1, 0.15) is 0 Å². The van der Waals surface area contributed by atoms with Crippen molar-refractivity contribution in [3.8, 4) is 0 Å². The first-order chi connectivity index (χ1) is 9.35. The maximum atomic E-state index is 5.44. The number of anilines is 1. The number of rotatable bonds is 7. The lowest BCUT2D eigenvalue weighted by molar-refractivity contribution is 0.121. The number of nitrogens with zero attached hydrogens (tertiary/aromatic N) is 1. The van der Waals surface area contributed by atoms with Gasteiger partial charge in [-0.2, -0.15) is 0 Å². The zero-order valence-electron chi connectivity index (χ0n) is 11.9. The number of hydrogen-bond acceptors (Lipinski definition) is 4. The molecule has 0 aliphatic carbocycles. The molecule has 1 fully saturated rings. The highest BCUT2D eigenvalue weighted by atomic mass is 16.5. The Balaban J connectivity index is 1.96. The second kappa shape index (κ2) is 7.48. The molecule has 0 bridgehead atoms. The Morgan fingerprint density at radius 2 is 2.16 bits per heavy atom. The van der Waals surface area contributed by atoms with Crippen molar-refractivity contribution < 1.29 is 9.47 Å². The van der Waals surface area contributed by atoms with E-state index >= 15 is 0 Å². The summed E-state index contributed by atoms with van der Waals surface area (Å²) in [6.07, 6.45) is 1.48. The molecule has 1 aliphatic rings. The van der Waals surface area contributed by atoms with Crippen molar-refractivity contribution in [2.75, 3.05) is 45.4 Å². The molecule has 0 spiro atoms. The molecule has 0 saturated carbocycles. The molecule has 1 aromatic carbocycles. The summed E-state index contributed by atoms with van der Waals surface area (Å²) in [5.41, 5.74) is 2.67. The van der Waals surface area contributed by atoms with E-state index in [0.29, 0.717) is 6.10 Å². The van der Waals surface area contributed by atoms with Crippen LogP contribution in [0.25, 0.3) is 0 Å². The van der Waals surface area contributed by atoms with Crippen molar-refractivity contribution in [3.63, 3.8) is 0 Å². The van der Waals surface area contributed by atoms with Gasteiger partial charge >= 0.3 is 0 Å². The fraction of sp³-hybridized carbons (Fsp3) is 0.600. The minimum Gasteiger partial charge on any atom is -0.383 e. The van der Waals surface area contributed by atoms with Gasteiger partial charge in [-0.15, -0.1) is 0 Å². The van der Waals surface area contributed by atoms with Crippen LogP contribution in [0.3, 0.4) is 0 Å². The third-order valence-corrected chi connectivity index (χ3v) is 3.61. The van der Waals surface area contributed by atoms with E-state index in [1.54, 1.807) is 14.2 Å². The molecule has 1 N–H and O–H groups in total. The summed E-state index contributed by atoms with van der Waals surface area (Å²) in [4.78, 5) is 2.42. The van der Waals surface area contributed by atoms with Crippen molar-refractivity contribution in [2.45, 2.75) is 19.1 Å². The molecule has 4 nitrogen and oxygen atoms in total. The number of hydrogen-bond donors (Lipinski definition) is 1. The van der Waals surface area contributed by atoms with Gasteiger partial charge in [0.05, 0.1) is 12.7 Å². The predicted octanol–water partition coefficient (Wildman–Crippen LogP) is 1.65. The van der Waals surface area contributed by atoms with Crippen LogP contribution in [0.4, 0.5) is 5.69 Å². The lowest BCUT2D eigenvalue weighted by atomic mass is 10.1. The zero-order valence-corrected chi connectivity index (χ0v) is 11.9. The molecule has 0 radical (unpaired) electrons. The highest BCUT2D eigenvalue weighted by molar-refractivity contribution is 5.54. The maximum absolute atomic E-state index is 5.44. The summed E-state index contributed by atoms with van der Waals surface area (Å²) in [7, 11) is 3.52. The number of ether oxygens (including phenoxy) is 2. The second-order valence-electron chi connectivity index (χ2n) is 4.89. The molecule has 106 valence electrons. The molecule has 1 heterocycles. The van der Waals surface area contributed by atoms with Crippen LogP contribution in [0.15, 0.2) is 24.3 Å². The van der Waals surface area contributed by atoms with Crippen LogP contribution in [-0.4, -0.2) is 46.6 Å². The Bertz CT molecular complexity index is 384. The molecular weight excluding hydrogens is 240 g/mol. The Morgan fingerprint density at radius 3 is 2.89 bits per heavy atom.